The summed E-state index contributed by atoms with van der Waals surface area (Å²) >= 11 is 0. The fourth-order valence-electron chi connectivity index (χ4n) is 3.58. The summed E-state index contributed by atoms with van der Waals surface area (Å²) in [6.07, 6.45) is 2.38. The van der Waals surface area contributed by atoms with Crippen LogP contribution in [0.4, 0.5) is 0 Å². The highest BCUT2D eigenvalue weighted by molar-refractivity contribution is 5.87. The van der Waals surface area contributed by atoms with Crippen LogP contribution in [0.2, 0.25) is 0 Å². The molecule has 0 aliphatic carbocycles. The zero-order valence-corrected chi connectivity index (χ0v) is 15.3. The van der Waals surface area contributed by atoms with Crippen LogP contribution in [0.1, 0.15) is 38.0 Å². The van der Waals surface area contributed by atoms with Gasteiger partial charge in [0.05, 0.1) is 0 Å². The molecule has 0 bridgehead atoms. The van der Waals surface area contributed by atoms with Crippen molar-refractivity contribution in [3.05, 3.63) is 41.7 Å². The van der Waals surface area contributed by atoms with E-state index in [1.165, 1.54) is 5.56 Å². The molecule has 0 radical (unpaired) electrons. The molecule has 3 rings (SSSR count). The molecule has 1 fully saturated rings. The van der Waals surface area contributed by atoms with Crippen LogP contribution in [0.15, 0.2) is 34.9 Å². The van der Waals surface area contributed by atoms with Crippen molar-refractivity contribution in [2.24, 2.45) is 0 Å². The first-order chi connectivity index (χ1) is 12.1. The average molecular weight is 341 g/mol. The van der Waals surface area contributed by atoms with E-state index in [-0.39, 0.29) is 5.91 Å². The minimum atomic E-state index is -0.559. The summed E-state index contributed by atoms with van der Waals surface area (Å²) in [7, 11) is 0. The van der Waals surface area contributed by atoms with Crippen LogP contribution >= 0.6 is 0 Å². The van der Waals surface area contributed by atoms with Crippen molar-refractivity contribution in [2.45, 2.75) is 45.6 Å². The zero-order chi connectivity index (χ0) is 17.9. The maximum atomic E-state index is 13.0. The van der Waals surface area contributed by atoms with Crippen LogP contribution in [0.25, 0.3) is 11.3 Å². The van der Waals surface area contributed by atoms with Gasteiger partial charge < -0.3 is 14.7 Å². The summed E-state index contributed by atoms with van der Waals surface area (Å²) in [5.74, 6) is 0.925. The Morgan fingerprint density at radius 3 is 2.60 bits per heavy atom. The van der Waals surface area contributed by atoms with Gasteiger partial charge in [0.2, 0.25) is 5.91 Å². The van der Waals surface area contributed by atoms with E-state index in [0.717, 1.165) is 49.5 Å². The molecule has 134 valence electrons. The summed E-state index contributed by atoms with van der Waals surface area (Å²) < 4.78 is 5.57. The number of nitrogens with one attached hydrogen (secondary N) is 1. The smallest absolute Gasteiger partial charge is 0.243 e. The van der Waals surface area contributed by atoms with Crippen molar-refractivity contribution >= 4 is 5.91 Å². The summed E-state index contributed by atoms with van der Waals surface area (Å²) in [5, 5.41) is 7.65. The van der Waals surface area contributed by atoms with Crippen molar-refractivity contribution in [1.29, 1.82) is 0 Å². The maximum Gasteiger partial charge on any atom is 0.243 e. The monoisotopic (exact) mass is 341 g/mol. The van der Waals surface area contributed by atoms with Gasteiger partial charge in [0.15, 0.2) is 0 Å². The molecule has 2 heterocycles. The lowest BCUT2D eigenvalue weighted by Gasteiger charge is -2.33. The molecular weight excluding hydrogens is 314 g/mol. The first kappa shape index (κ1) is 17.7. The Labute approximate surface area is 149 Å². The first-order valence-corrected chi connectivity index (χ1v) is 9.15. The Kier molecular flexibility index (Phi) is 5.23. The van der Waals surface area contributed by atoms with Gasteiger partial charge in [-0.3, -0.25) is 4.79 Å². The van der Waals surface area contributed by atoms with Crippen molar-refractivity contribution < 1.29 is 9.32 Å². The van der Waals surface area contributed by atoms with E-state index in [9.17, 15) is 4.79 Å². The lowest BCUT2D eigenvalue weighted by Crippen LogP contribution is -2.56. The fourth-order valence-corrected chi connectivity index (χ4v) is 3.58. The standard InChI is InChI=1S/C20H27N3O2/c1-4-23(5-2)19(24)20(11-6-12-21-20)14-17-13-18(22-25-17)16-9-7-15(3)8-10-16/h7-10,13,21H,4-6,11-12,14H2,1-3H3. The summed E-state index contributed by atoms with van der Waals surface area (Å²) in [6.45, 7) is 8.42. The average Bonchev–Trinajstić information content (AvgIpc) is 3.27. The van der Waals surface area contributed by atoms with Crippen LogP contribution in [0, 0.1) is 6.92 Å². The minimum absolute atomic E-state index is 0.170. The van der Waals surface area contributed by atoms with E-state index in [4.69, 9.17) is 4.52 Å². The molecule has 1 aliphatic heterocycles. The molecule has 1 aromatic carbocycles. The highest BCUT2D eigenvalue weighted by Gasteiger charge is 2.43. The third-order valence-corrected chi connectivity index (χ3v) is 5.09. The third-order valence-electron chi connectivity index (χ3n) is 5.09. The van der Waals surface area contributed by atoms with E-state index in [1.54, 1.807) is 0 Å². The lowest BCUT2D eigenvalue weighted by molar-refractivity contribution is -0.137. The Bertz CT molecular complexity index is 711. The van der Waals surface area contributed by atoms with E-state index < -0.39 is 5.54 Å². The lowest BCUT2D eigenvalue weighted by atomic mass is 9.90. The van der Waals surface area contributed by atoms with Crippen molar-refractivity contribution in [2.75, 3.05) is 19.6 Å². The van der Waals surface area contributed by atoms with Crippen LogP contribution < -0.4 is 5.32 Å². The minimum Gasteiger partial charge on any atom is -0.361 e. The molecule has 1 atom stereocenters. The Morgan fingerprint density at radius 2 is 2.00 bits per heavy atom. The van der Waals surface area contributed by atoms with Crippen LogP contribution in [0.5, 0.6) is 0 Å². The predicted octanol–water partition coefficient (Wildman–Crippen LogP) is 3.18. The largest absolute Gasteiger partial charge is 0.361 e. The normalized spacial score (nSPS) is 20.0. The van der Waals surface area contributed by atoms with Gasteiger partial charge in [-0.15, -0.1) is 0 Å². The van der Waals surface area contributed by atoms with Crippen LogP contribution in [0.3, 0.4) is 0 Å². The van der Waals surface area contributed by atoms with Crippen molar-refractivity contribution in [3.63, 3.8) is 0 Å². The van der Waals surface area contributed by atoms with Crippen LogP contribution in [-0.2, 0) is 11.2 Å². The predicted molar refractivity (Wildman–Crippen MR) is 98.3 cm³/mol. The molecule has 1 unspecified atom stereocenters. The molecule has 0 saturated carbocycles. The number of carbonyl (C=O) groups is 1. The Balaban J connectivity index is 1.81. The third kappa shape index (κ3) is 3.61. The number of hydrogen-bond acceptors (Lipinski definition) is 4. The molecule has 2 aromatic rings. The van der Waals surface area contributed by atoms with Gasteiger partial charge in [0.1, 0.15) is 17.0 Å². The summed E-state index contributed by atoms with van der Waals surface area (Å²) in [5.41, 5.74) is 2.50. The number of aromatic nitrogens is 1. The quantitative estimate of drug-likeness (QED) is 0.877. The number of benzene rings is 1. The number of rotatable bonds is 6. The second kappa shape index (κ2) is 7.40. The maximum absolute atomic E-state index is 13.0. The molecule has 5 heteroatoms. The van der Waals surface area contributed by atoms with E-state index in [0.29, 0.717) is 6.42 Å². The Hall–Kier alpha value is -2.14. The van der Waals surface area contributed by atoms with E-state index in [2.05, 4.69) is 29.5 Å². The van der Waals surface area contributed by atoms with Crippen molar-refractivity contribution in [3.8, 4) is 11.3 Å². The number of hydrogen-bond donors (Lipinski definition) is 1. The Morgan fingerprint density at radius 1 is 1.28 bits per heavy atom. The summed E-state index contributed by atoms with van der Waals surface area (Å²) in [6, 6.07) is 10.2. The molecule has 1 N–H and O–H groups in total. The van der Waals surface area contributed by atoms with E-state index >= 15 is 0 Å². The molecule has 25 heavy (non-hydrogen) atoms. The molecule has 1 amide bonds. The van der Waals surface area contributed by atoms with Gasteiger partial charge in [-0.25, -0.2) is 0 Å². The van der Waals surface area contributed by atoms with E-state index in [1.807, 2.05) is 36.9 Å². The molecular formula is C20H27N3O2. The topological polar surface area (TPSA) is 58.4 Å². The second-order valence-corrected chi connectivity index (χ2v) is 6.81. The highest BCUT2D eigenvalue weighted by atomic mass is 16.5. The van der Waals surface area contributed by atoms with Gasteiger partial charge in [0, 0.05) is 31.1 Å². The van der Waals surface area contributed by atoms with Gasteiger partial charge in [0.25, 0.3) is 0 Å². The van der Waals surface area contributed by atoms with Gasteiger partial charge in [-0.2, -0.15) is 0 Å². The summed E-state index contributed by atoms with van der Waals surface area (Å²) in [4.78, 5) is 14.9. The highest BCUT2D eigenvalue weighted by Crippen LogP contribution is 2.28. The number of nitrogens with zero attached hydrogens (tertiary/aromatic N) is 2. The van der Waals surface area contributed by atoms with Crippen LogP contribution in [-0.4, -0.2) is 41.1 Å². The van der Waals surface area contributed by atoms with Crippen molar-refractivity contribution in [1.82, 2.24) is 15.4 Å². The van der Waals surface area contributed by atoms with Gasteiger partial charge >= 0.3 is 0 Å². The number of likely N-dealkylation sites (N-methyl/N-ethyl adjacent to an activating group) is 1. The molecule has 1 aliphatic rings. The number of amides is 1. The van der Waals surface area contributed by atoms with Gasteiger partial charge in [-0.05, 0) is 40.2 Å². The first-order valence-electron chi connectivity index (χ1n) is 9.15. The molecule has 5 nitrogen and oxygen atoms in total. The number of carbonyl (C=O) groups excluding carboxylic acids is 1. The zero-order valence-electron chi connectivity index (χ0n) is 15.3. The molecule has 1 saturated heterocycles. The molecule has 1 aromatic heterocycles. The molecule has 0 spiro atoms. The fraction of sp³-hybridized carbons (Fsp3) is 0.500. The number of aryl methyl sites for hydroxylation is 1. The SMILES string of the molecule is CCN(CC)C(=O)C1(Cc2cc(-c3ccc(C)cc3)no2)CCCN1. The van der Waals surface area contributed by atoms with Gasteiger partial charge in [-0.1, -0.05) is 35.0 Å². The second-order valence-electron chi connectivity index (χ2n) is 6.81.